The maximum absolute atomic E-state index is 10.7. The summed E-state index contributed by atoms with van der Waals surface area (Å²) in [6, 6.07) is 0. The van der Waals surface area contributed by atoms with E-state index in [9.17, 15) is 4.79 Å². The Kier molecular flexibility index (Phi) is 7.78. The SMILES string of the molecule is C=C(C)COC(C)(COOC(C)(C)CCC)OC(=O)O. The minimum Gasteiger partial charge on any atom is -0.450 e. The van der Waals surface area contributed by atoms with Gasteiger partial charge in [-0.2, -0.15) is 0 Å². The molecule has 0 fully saturated rings. The predicted octanol–water partition coefficient (Wildman–Crippen LogP) is 3.52. The Bertz CT molecular complexity index is 326. The first-order valence-corrected chi connectivity index (χ1v) is 6.61. The van der Waals surface area contributed by atoms with E-state index in [0.717, 1.165) is 18.4 Å². The van der Waals surface area contributed by atoms with E-state index in [0.29, 0.717) is 0 Å². The molecule has 1 N–H and O–H groups in total. The van der Waals surface area contributed by atoms with Crippen LogP contribution < -0.4 is 0 Å². The molecule has 0 rings (SSSR count). The van der Waals surface area contributed by atoms with Crippen molar-refractivity contribution < 1.29 is 29.1 Å². The molecule has 0 aromatic rings. The van der Waals surface area contributed by atoms with Gasteiger partial charge in [-0.15, -0.1) is 0 Å². The minimum absolute atomic E-state index is 0.167. The molecule has 0 aliphatic carbocycles. The molecule has 6 nitrogen and oxygen atoms in total. The summed E-state index contributed by atoms with van der Waals surface area (Å²) >= 11 is 0. The molecule has 0 radical (unpaired) electrons. The van der Waals surface area contributed by atoms with E-state index >= 15 is 0 Å². The normalized spacial score (nSPS) is 14.7. The third-order valence-electron chi connectivity index (χ3n) is 2.38. The molecule has 0 aliphatic heterocycles. The molecule has 0 aromatic carbocycles. The molecule has 0 saturated carbocycles. The summed E-state index contributed by atoms with van der Waals surface area (Å²) in [5.41, 5.74) is 0.296. The molecule has 0 heterocycles. The van der Waals surface area contributed by atoms with Gasteiger partial charge in [-0.25, -0.2) is 14.6 Å². The van der Waals surface area contributed by atoms with Crippen LogP contribution in [0.1, 0.15) is 47.5 Å². The first-order valence-electron chi connectivity index (χ1n) is 6.61. The molecule has 0 bridgehead atoms. The number of rotatable bonds is 10. The second-order valence-electron chi connectivity index (χ2n) is 5.60. The fourth-order valence-electron chi connectivity index (χ4n) is 1.50. The summed E-state index contributed by atoms with van der Waals surface area (Å²) in [6.45, 7) is 12.7. The Labute approximate surface area is 120 Å². The molecule has 1 unspecified atom stereocenters. The van der Waals surface area contributed by atoms with Crippen LogP contribution in [0.2, 0.25) is 0 Å². The third kappa shape index (κ3) is 8.90. The fraction of sp³-hybridized carbons (Fsp3) is 0.786. The maximum Gasteiger partial charge on any atom is 0.508 e. The Balaban J connectivity index is 4.42. The fourth-order valence-corrected chi connectivity index (χ4v) is 1.50. The minimum atomic E-state index is -1.44. The van der Waals surface area contributed by atoms with Crippen LogP contribution in [0.4, 0.5) is 4.79 Å². The quantitative estimate of drug-likeness (QED) is 0.218. The number of ether oxygens (including phenoxy) is 2. The lowest BCUT2D eigenvalue weighted by atomic mass is 10.0. The maximum atomic E-state index is 10.7. The molecule has 1 atom stereocenters. The highest BCUT2D eigenvalue weighted by Crippen LogP contribution is 2.20. The van der Waals surface area contributed by atoms with Crippen LogP contribution in [-0.2, 0) is 19.2 Å². The second-order valence-corrected chi connectivity index (χ2v) is 5.60. The van der Waals surface area contributed by atoms with Crippen LogP contribution in [0.25, 0.3) is 0 Å². The zero-order valence-electron chi connectivity index (χ0n) is 13.0. The van der Waals surface area contributed by atoms with Gasteiger partial charge in [-0.3, -0.25) is 0 Å². The number of hydrogen-bond donors (Lipinski definition) is 1. The van der Waals surface area contributed by atoms with Crippen molar-refractivity contribution in [1.82, 2.24) is 0 Å². The van der Waals surface area contributed by atoms with Gasteiger partial charge in [0, 0.05) is 6.92 Å². The van der Waals surface area contributed by atoms with Crippen molar-refractivity contribution in [2.24, 2.45) is 0 Å². The van der Waals surface area contributed by atoms with Gasteiger partial charge < -0.3 is 14.6 Å². The Morgan fingerprint density at radius 3 is 2.35 bits per heavy atom. The number of hydrogen-bond acceptors (Lipinski definition) is 5. The van der Waals surface area contributed by atoms with Gasteiger partial charge in [0.15, 0.2) is 0 Å². The smallest absolute Gasteiger partial charge is 0.450 e. The van der Waals surface area contributed by atoms with Gasteiger partial charge in [-0.05, 0) is 27.2 Å². The number of carboxylic acid groups (broad SMARTS) is 1. The summed E-state index contributed by atoms with van der Waals surface area (Å²) in [5, 5.41) is 8.74. The number of carbonyl (C=O) groups is 1. The Hall–Kier alpha value is -1.11. The van der Waals surface area contributed by atoms with Crippen molar-refractivity contribution >= 4 is 6.16 Å². The van der Waals surface area contributed by atoms with Crippen molar-refractivity contribution in [1.29, 1.82) is 0 Å². The zero-order valence-corrected chi connectivity index (χ0v) is 13.0. The van der Waals surface area contributed by atoms with Crippen LogP contribution in [0.3, 0.4) is 0 Å². The first-order chi connectivity index (χ1) is 9.10. The average molecular weight is 290 g/mol. The van der Waals surface area contributed by atoms with E-state index in [4.69, 9.17) is 24.4 Å². The molecule has 6 heteroatoms. The summed E-state index contributed by atoms with van der Waals surface area (Å²) in [6.07, 6.45) is 0.326. The zero-order chi connectivity index (χ0) is 15.8. The highest BCUT2D eigenvalue weighted by Gasteiger charge is 2.32. The van der Waals surface area contributed by atoms with E-state index < -0.39 is 17.5 Å². The lowest BCUT2D eigenvalue weighted by Gasteiger charge is -2.29. The molecule has 118 valence electrons. The van der Waals surface area contributed by atoms with E-state index in [-0.39, 0.29) is 13.2 Å². The lowest BCUT2D eigenvalue weighted by molar-refractivity contribution is -0.388. The van der Waals surface area contributed by atoms with Gasteiger partial charge in [0.2, 0.25) is 5.79 Å². The van der Waals surface area contributed by atoms with Crippen molar-refractivity contribution in [2.45, 2.75) is 58.8 Å². The summed E-state index contributed by atoms with van der Waals surface area (Å²) in [4.78, 5) is 21.1. The summed E-state index contributed by atoms with van der Waals surface area (Å²) in [5.74, 6) is -1.44. The van der Waals surface area contributed by atoms with Crippen LogP contribution in [0, 0.1) is 0 Å². The van der Waals surface area contributed by atoms with Gasteiger partial charge in [0.25, 0.3) is 0 Å². The molecule has 0 amide bonds. The van der Waals surface area contributed by atoms with Crippen molar-refractivity contribution in [3.63, 3.8) is 0 Å². The predicted molar refractivity (Wildman–Crippen MR) is 74.3 cm³/mol. The molecule has 0 aromatic heterocycles. The van der Waals surface area contributed by atoms with Crippen molar-refractivity contribution in [3.05, 3.63) is 12.2 Å². The van der Waals surface area contributed by atoms with E-state index in [2.05, 4.69) is 6.58 Å². The largest absolute Gasteiger partial charge is 0.508 e. The average Bonchev–Trinajstić information content (AvgIpc) is 2.25. The standard InChI is InChI=1S/C14H26O6/c1-7-8-13(4,5)20-18-10-14(6,19-12(15)16)17-9-11(2)3/h2,7-10H2,1,3-6H3,(H,15,16). The monoisotopic (exact) mass is 290 g/mol. The molecular weight excluding hydrogens is 264 g/mol. The molecule has 0 aliphatic rings. The lowest BCUT2D eigenvalue weighted by Crippen LogP contribution is -2.41. The molecular formula is C14H26O6. The van der Waals surface area contributed by atoms with Crippen LogP contribution >= 0.6 is 0 Å². The van der Waals surface area contributed by atoms with E-state index in [1.165, 1.54) is 6.92 Å². The Morgan fingerprint density at radius 2 is 1.90 bits per heavy atom. The molecule has 0 saturated heterocycles. The van der Waals surface area contributed by atoms with Crippen molar-refractivity contribution in [3.8, 4) is 0 Å². The topological polar surface area (TPSA) is 74.2 Å². The Morgan fingerprint density at radius 1 is 1.30 bits per heavy atom. The van der Waals surface area contributed by atoms with Gasteiger partial charge >= 0.3 is 6.16 Å². The third-order valence-corrected chi connectivity index (χ3v) is 2.38. The summed E-state index contributed by atoms with van der Waals surface area (Å²) in [7, 11) is 0. The first kappa shape index (κ1) is 18.9. The van der Waals surface area contributed by atoms with E-state index in [1.807, 2.05) is 20.8 Å². The summed E-state index contributed by atoms with van der Waals surface area (Å²) < 4.78 is 10.1. The van der Waals surface area contributed by atoms with Crippen LogP contribution in [0.5, 0.6) is 0 Å². The van der Waals surface area contributed by atoms with Gasteiger partial charge in [-0.1, -0.05) is 25.5 Å². The van der Waals surface area contributed by atoms with Crippen molar-refractivity contribution in [2.75, 3.05) is 13.2 Å². The highest BCUT2D eigenvalue weighted by atomic mass is 17.2. The molecule has 0 spiro atoms. The molecule has 20 heavy (non-hydrogen) atoms. The van der Waals surface area contributed by atoms with Gasteiger partial charge in [0.05, 0.1) is 12.2 Å². The van der Waals surface area contributed by atoms with Crippen LogP contribution in [-0.4, -0.2) is 35.9 Å². The van der Waals surface area contributed by atoms with Crippen LogP contribution in [0.15, 0.2) is 12.2 Å². The van der Waals surface area contributed by atoms with E-state index in [1.54, 1.807) is 6.92 Å². The highest BCUT2D eigenvalue weighted by molar-refractivity contribution is 5.57. The second kappa shape index (κ2) is 8.24. The van der Waals surface area contributed by atoms with Gasteiger partial charge in [0.1, 0.15) is 6.61 Å².